The average molecular weight is 455 g/mol. The Hall–Kier alpha value is -3.66. The minimum atomic E-state index is -0.747. The summed E-state index contributed by atoms with van der Waals surface area (Å²) in [6.07, 6.45) is 7.23. The molecule has 9 nitrogen and oxygen atoms in total. The normalized spacial score (nSPS) is 13.2. The highest BCUT2D eigenvalue weighted by Gasteiger charge is 2.29. The number of benzene rings is 1. The number of allylic oxidation sites excluding steroid dienone is 2. The molecule has 0 saturated heterocycles. The van der Waals surface area contributed by atoms with Gasteiger partial charge in [0, 0.05) is 17.5 Å². The molecule has 0 fully saturated rings. The lowest BCUT2D eigenvalue weighted by Crippen LogP contribution is -2.27. The Morgan fingerprint density at radius 2 is 1.84 bits per heavy atom. The van der Waals surface area contributed by atoms with E-state index < -0.39 is 17.5 Å². The van der Waals surface area contributed by atoms with Crippen LogP contribution in [0, 0.1) is 0 Å². The number of nitrogens with zero attached hydrogens (tertiary/aromatic N) is 3. The molecule has 166 valence electrons. The van der Waals surface area contributed by atoms with Gasteiger partial charge in [-0.15, -0.1) is 10.2 Å². The zero-order valence-corrected chi connectivity index (χ0v) is 18.6. The summed E-state index contributed by atoms with van der Waals surface area (Å²) in [7, 11) is 2.44. The maximum absolute atomic E-state index is 12.8. The van der Waals surface area contributed by atoms with E-state index in [0.29, 0.717) is 16.4 Å². The summed E-state index contributed by atoms with van der Waals surface area (Å²) in [5.41, 5.74) is 0.464. The van der Waals surface area contributed by atoms with Crippen molar-refractivity contribution in [2.75, 3.05) is 24.9 Å². The van der Waals surface area contributed by atoms with Gasteiger partial charge in [0.15, 0.2) is 10.9 Å². The van der Waals surface area contributed by atoms with Crippen molar-refractivity contribution in [3.05, 3.63) is 70.3 Å². The van der Waals surface area contributed by atoms with Crippen molar-refractivity contribution < 1.29 is 19.1 Å². The van der Waals surface area contributed by atoms with Gasteiger partial charge in [-0.05, 0) is 24.6 Å². The molecule has 3 rings (SSSR count). The Morgan fingerprint density at radius 1 is 1.09 bits per heavy atom. The van der Waals surface area contributed by atoms with E-state index in [0.717, 1.165) is 12.2 Å². The van der Waals surface area contributed by atoms with Gasteiger partial charge >= 0.3 is 11.9 Å². The van der Waals surface area contributed by atoms with Crippen LogP contribution in [0.15, 0.2) is 69.9 Å². The maximum atomic E-state index is 12.8. The maximum Gasteiger partial charge on any atom is 0.355 e. The molecule has 1 aliphatic heterocycles. The highest BCUT2D eigenvalue weighted by atomic mass is 32.2. The molecule has 2 heterocycles. The first-order valence-electron chi connectivity index (χ1n) is 9.76. The smallest absolute Gasteiger partial charge is 0.355 e. The van der Waals surface area contributed by atoms with Gasteiger partial charge in [-0.2, -0.15) is 0 Å². The number of methoxy groups -OCH3 is 2. The number of ether oxygens (including phenoxy) is 2. The molecule has 0 bridgehead atoms. The van der Waals surface area contributed by atoms with Crippen molar-refractivity contribution in [2.24, 2.45) is 0 Å². The molecule has 0 radical (unpaired) electrons. The van der Waals surface area contributed by atoms with Crippen LogP contribution < -0.4 is 10.5 Å². The Bertz CT molecular complexity index is 1170. The topological polar surface area (TPSA) is 114 Å². The predicted octanol–water partition coefficient (Wildman–Crippen LogP) is 2.82. The number of carbonyl (C=O) groups is 2. The van der Waals surface area contributed by atoms with Crippen molar-refractivity contribution in [1.82, 2.24) is 15.2 Å². The van der Waals surface area contributed by atoms with Gasteiger partial charge in [-0.3, -0.25) is 9.78 Å². The predicted molar refractivity (Wildman–Crippen MR) is 121 cm³/mol. The standard InChI is InChI=1S/C22H22N4O5S/c1-4-13-32-22-23-19(27)17(24-25-22)14-9-5-6-11-16(14)26-12-8-7-10-15(20(28)30-2)18(26)21(29)31-3/h5-12H,4,13H2,1-3H3,(H,23,25,27). The molecular weight excluding hydrogens is 432 g/mol. The van der Waals surface area contributed by atoms with Gasteiger partial charge in [0.05, 0.1) is 25.5 Å². The van der Waals surface area contributed by atoms with E-state index >= 15 is 0 Å². The van der Waals surface area contributed by atoms with Crippen LogP contribution in [0.25, 0.3) is 11.3 Å². The Morgan fingerprint density at radius 3 is 2.53 bits per heavy atom. The van der Waals surface area contributed by atoms with E-state index in [1.807, 2.05) is 6.92 Å². The van der Waals surface area contributed by atoms with E-state index in [-0.39, 0.29) is 17.0 Å². The summed E-state index contributed by atoms with van der Waals surface area (Å²) in [6.45, 7) is 2.03. The van der Waals surface area contributed by atoms with Crippen molar-refractivity contribution in [2.45, 2.75) is 18.5 Å². The van der Waals surface area contributed by atoms with Gasteiger partial charge in [-0.1, -0.05) is 43.0 Å². The first kappa shape index (κ1) is 23.0. The minimum absolute atomic E-state index is 0.00506. The van der Waals surface area contributed by atoms with Crippen LogP contribution in [0.5, 0.6) is 0 Å². The van der Waals surface area contributed by atoms with Crippen LogP contribution >= 0.6 is 11.8 Å². The largest absolute Gasteiger partial charge is 0.465 e. The van der Waals surface area contributed by atoms with Crippen LogP contribution in [0.3, 0.4) is 0 Å². The SMILES string of the molecule is CCCSc1nnc(-c2ccccc2N2C=CC=CC(C(=O)OC)=C2C(=O)OC)c(=O)[nH]1. The highest BCUT2D eigenvalue weighted by Crippen LogP contribution is 2.33. The van der Waals surface area contributed by atoms with Crippen molar-refractivity contribution in [1.29, 1.82) is 0 Å². The zero-order chi connectivity index (χ0) is 23.1. The number of esters is 2. The van der Waals surface area contributed by atoms with Gasteiger partial charge in [0.25, 0.3) is 5.56 Å². The molecule has 32 heavy (non-hydrogen) atoms. The number of rotatable bonds is 7. The summed E-state index contributed by atoms with van der Waals surface area (Å²) >= 11 is 1.41. The van der Waals surface area contributed by atoms with Gasteiger partial charge < -0.3 is 14.4 Å². The molecule has 1 N–H and O–H groups in total. The summed E-state index contributed by atoms with van der Waals surface area (Å²) in [4.78, 5) is 42.1. The van der Waals surface area contributed by atoms with E-state index in [4.69, 9.17) is 9.47 Å². The quantitative estimate of drug-likeness (QED) is 0.498. The number of anilines is 1. The lowest BCUT2D eigenvalue weighted by molar-refractivity contribution is -0.139. The summed E-state index contributed by atoms with van der Waals surface area (Å²) in [6, 6.07) is 6.86. The first-order chi connectivity index (χ1) is 15.5. The second kappa shape index (κ2) is 10.6. The third kappa shape index (κ3) is 4.80. The molecule has 1 aliphatic rings. The fourth-order valence-corrected chi connectivity index (χ4v) is 3.66. The van der Waals surface area contributed by atoms with Crippen molar-refractivity contribution >= 4 is 29.4 Å². The molecule has 0 saturated carbocycles. The third-order valence-electron chi connectivity index (χ3n) is 4.43. The molecule has 0 spiro atoms. The van der Waals surface area contributed by atoms with Gasteiger partial charge in [-0.25, -0.2) is 9.59 Å². The lowest BCUT2D eigenvalue weighted by Gasteiger charge is -2.25. The number of H-pyrrole nitrogens is 1. The van der Waals surface area contributed by atoms with E-state index in [9.17, 15) is 14.4 Å². The summed E-state index contributed by atoms with van der Waals surface area (Å²) < 4.78 is 9.78. The van der Waals surface area contributed by atoms with Crippen LogP contribution in [-0.4, -0.2) is 47.1 Å². The fourth-order valence-electron chi connectivity index (χ4n) is 3.00. The average Bonchev–Trinajstić information content (AvgIpc) is 3.05. The Labute approximate surface area is 188 Å². The molecule has 0 unspecified atom stereocenters. The number of aromatic amines is 1. The highest BCUT2D eigenvalue weighted by molar-refractivity contribution is 7.99. The molecule has 1 aromatic heterocycles. The van der Waals surface area contributed by atoms with E-state index in [1.54, 1.807) is 42.6 Å². The molecular formula is C22H22N4O5S. The van der Waals surface area contributed by atoms with Gasteiger partial charge in [0.2, 0.25) is 0 Å². The lowest BCUT2D eigenvalue weighted by atomic mass is 10.1. The third-order valence-corrected chi connectivity index (χ3v) is 5.50. The molecule has 10 heteroatoms. The number of nitrogens with one attached hydrogen (secondary N) is 1. The van der Waals surface area contributed by atoms with E-state index in [2.05, 4.69) is 15.2 Å². The number of hydrogen-bond donors (Lipinski definition) is 1. The number of carbonyl (C=O) groups excluding carboxylic acids is 2. The van der Waals surface area contributed by atoms with Crippen LogP contribution in [0.2, 0.25) is 0 Å². The first-order valence-corrected chi connectivity index (χ1v) is 10.7. The number of hydrogen-bond acceptors (Lipinski definition) is 9. The number of thioether (sulfide) groups is 1. The van der Waals surface area contributed by atoms with Crippen molar-refractivity contribution in [3.8, 4) is 11.3 Å². The Kier molecular flexibility index (Phi) is 7.61. The second-order valence-corrected chi connectivity index (χ2v) is 7.57. The van der Waals surface area contributed by atoms with Crippen molar-refractivity contribution in [3.63, 3.8) is 0 Å². The number of aromatic nitrogens is 3. The molecule has 1 aromatic carbocycles. The summed E-state index contributed by atoms with van der Waals surface area (Å²) in [5, 5.41) is 8.68. The molecule has 0 atom stereocenters. The second-order valence-electron chi connectivity index (χ2n) is 6.49. The van der Waals surface area contributed by atoms with Crippen LogP contribution in [-0.2, 0) is 19.1 Å². The number of para-hydroxylation sites is 1. The fraction of sp³-hybridized carbons (Fsp3) is 0.227. The molecule has 0 aliphatic carbocycles. The van der Waals surface area contributed by atoms with Crippen LogP contribution in [0.1, 0.15) is 13.3 Å². The zero-order valence-electron chi connectivity index (χ0n) is 17.8. The molecule has 2 aromatic rings. The Balaban J connectivity index is 2.18. The van der Waals surface area contributed by atoms with E-state index in [1.165, 1.54) is 37.0 Å². The van der Waals surface area contributed by atoms with Gasteiger partial charge in [0.1, 0.15) is 5.70 Å². The van der Waals surface area contributed by atoms with Crippen LogP contribution in [0.4, 0.5) is 5.69 Å². The summed E-state index contributed by atoms with van der Waals surface area (Å²) in [5.74, 6) is -0.652. The monoisotopic (exact) mass is 454 g/mol. The molecule has 0 amide bonds. The minimum Gasteiger partial charge on any atom is -0.465 e.